The SMILES string of the molecule is CS(=O)(=O)CCC(N)C(=O)NCC1CCCC(O)C1. The van der Waals surface area contributed by atoms with Crippen LogP contribution in [-0.4, -0.2) is 50.1 Å². The van der Waals surface area contributed by atoms with E-state index in [0.29, 0.717) is 13.0 Å². The maximum atomic E-state index is 11.7. The lowest BCUT2D eigenvalue weighted by atomic mass is 9.87. The zero-order valence-corrected chi connectivity index (χ0v) is 12.2. The minimum atomic E-state index is -3.09. The van der Waals surface area contributed by atoms with Crippen LogP contribution in [0.15, 0.2) is 0 Å². The summed E-state index contributed by atoms with van der Waals surface area (Å²) in [7, 11) is -3.09. The van der Waals surface area contributed by atoms with Gasteiger partial charge < -0.3 is 16.2 Å². The average Bonchev–Trinajstić information content (AvgIpc) is 2.32. The first kappa shape index (κ1) is 16.4. The molecule has 3 atom stereocenters. The van der Waals surface area contributed by atoms with Crippen molar-refractivity contribution in [2.24, 2.45) is 11.7 Å². The Morgan fingerprint density at radius 3 is 2.74 bits per heavy atom. The molecule has 3 unspecified atom stereocenters. The van der Waals surface area contributed by atoms with E-state index in [2.05, 4.69) is 5.32 Å². The number of amides is 1. The number of nitrogens with one attached hydrogen (secondary N) is 1. The first-order valence-electron chi connectivity index (χ1n) is 6.67. The lowest BCUT2D eigenvalue weighted by molar-refractivity contribution is -0.122. The quantitative estimate of drug-likeness (QED) is 0.606. The summed E-state index contributed by atoms with van der Waals surface area (Å²) in [4.78, 5) is 11.7. The molecule has 1 aliphatic carbocycles. The molecule has 1 rings (SSSR count). The van der Waals surface area contributed by atoms with E-state index in [-0.39, 0.29) is 30.1 Å². The first-order valence-corrected chi connectivity index (χ1v) is 8.73. The fraction of sp³-hybridized carbons (Fsp3) is 0.917. The first-order chi connectivity index (χ1) is 8.78. The Morgan fingerprint density at radius 1 is 1.47 bits per heavy atom. The lowest BCUT2D eigenvalue weighted by Crippen LogP contribution is -2.44. The van der Waals surface area contributed by atoms with E-state index < -0.39 is 15.9 Å². The maximum absolute atomic E-state index is 11.7. The number of carbonyl (C=O) groups excluding carboxylic acids is 1. The van der Waals surface area contributed by atoms with Crippen LogP contribution in [0.5, 0.6) is 0 Å². The van der Waals surface area contributed by atoms with Crippen molar-refractivity contribution in [1.29, 1.82) is 0 Å². The highest BCUT2D eigenvalue weighted by Gasteiger charge is 2.22. The van der Waals surface area contributed by atoms with Gasteiger partial charge in [0.1, 0.15) is 9.84 Å². The Hall–Kier alpha value is -0.660. The van der Waals surface area contributed by atoms with Gasteiger partial charge >= 0.3 is 0 Å². The van der Waals surface area contributed by atoms with Crippen molar-refractivity contribution in [1.82, 2.24) is 5.32 Å². The predicted octanol–water partition coefficient (Wildman–Crippen LogP) is -0.584. The van der Waals surface area contributed by atoms with Crippen molar-refractivity contribution < 1.29 is 18.3 Å². The smallest absolute Gasteiger partial charge is 0.236 e. The summed E-state index contributed by atoms with van der Waals surface area (Å²) in [5.41, 5.74) is 5.64. The molecular formula is C12H24N2O4S. The van der Waals surface area contributed by atoms with Crippen molar-refractivity contribution in [2.75, 3.05) is 18.6 Å². The predicted molar refractivity (Wildman–Crippen MR) is 73.3 cm³/mol. The molecule has 0 aromatic rings. The number of hydrogen-bond acceptors (Lipinski definition) is 5. The Balaban J connectivity index is 2.26. The van der Waals surface area contributed by atoms with Crippen molar-refractivity contribution >= 4 is 15.7 Å². The Labute approximate surface area is 114 Å². The second kappa shape index (κ2) is 7.21. The summed E-state index contributed by atoms with van der Waals surface area (Å²) in [6, 6.07) is -0.789. The molecule has 0 radical (unpaired) electrons. The second-order valence-electron chi connectivity index (χ2n) is 5.46. The maximum Gasteiger partial charge on any atom is 0.236 e. The molecule has 1 aliphatic rings. The number of carbonyl (C=O) groups is 1. The second-order valence-corrected chi connectivity index (χ2v) is 7.72. The van der Waals surface area contributed by atoms with Crippen LogP contribution < -0.4 is 11.1 Å². The van der Waals surface area contributed by atoms with Crippen LogP contribution in [0, 0.1) is 5.92 Å². The number of aliphatic hydroxyl groups is 1. The zero-order chi connectivity index (χ0) is 14.5. The van der Waals surface area contributed by atoms with Crippen LogP contribution in [0.1, 0.15) is 32.1 Å². The van der Waals surface area contributed by atoms with Gasteiger partial charge in [-0.1, -0.05) is 6.42 Å². The highest BCUT2D eigenvalue weighted by atomic mass is 32.2. The molecule has 0 spiro atoms. The molecule has 1 fully saturated rings. The van der Waals surface area contributed by atoms with Gasteiger partial charge in [0.25, 0.3) is 0 Å². The molecule has 4 N–H and O–H groups in total. The third-order valence-corrected chi connectivity index (χ3v) is 4.43. The number of hydrogen-bond donors (Lipinski definition) is 3. The minimum Gasteiger partial charge on any atom is -0.393 e. The third-order valence-electron chi connectivity index (χ3n) is 3.46. The fourth-order valence-corrected chi connectivity index (χ4v) is 2.98. The van der Waals surface area contributed by atoms with Crippen molar-refractivity contribution in [3.63, 3.8) is 0 Å². The monoisotopic (exact) mass is 292 g/mol. The molecule has 0 bridgehead atoms. The van der Waals surface area contributed by atoms with Gasteiger partial charge in [-0.2, -0.15) is 0 Å². The van der Waals surface area contributed by atoms with Crippen molar-refractivity contribution in [2.45, 2.75) is 44.2 Å². The highest BCUT2D eigenvalue weighted by molar-refractivity contribution is 7.90. The molecule has 0 aliphatic heterocycles. The Kier molecular flexibility index (Phi) is 6.22. The van der Waals surface area contributed by atoms with E-state index in [1.807, 2.05) is 0 Å². The van der Waals surface area contributed by atoms with Crippen LogP contribution in [-0.2, 0) is 14.6 Å². The van der Waals surface area contributed by atoms with Crippen LogP contribution >= 0.6 is 0 Å². The highest BCUT2D eigenvalue weighted by Crippen LogP contribution is 2.23. The number of sulfone groups is 1. The van der Waals surface area contributed by atoms with Crippen molar-refractivity contribution in [3.8, 4) is 0 Å². The summed E-state index contributed by atoms with van der Waals surface area (Å²) in [5.74, 6) is -0.109. The normalized spacial score (nSPS) is 25.8. The number of aliphatic hydroxyl groups excluding tert-OH is 1. The summed E-state index contributed by atoms with van der Waals surface area (Å²) in [5, 5.41) is 12.3. The molecule has 1 amide bonds. The molecule has 6 nitrogen and oxygen atoms in total. The van der Waals surface area contributed by atoms with E-state index in [9.17, 15) is 18.3 Å². The summed E-state index contributed by atoms with van der Waals surface area (Å²) >= 11 is 0. The molecule has 1 saturated carbocycles. The largest absolute Gasteiger partial charge is 0.393 e. The van der Waals surface area contributed by atoms with Gasteiger partial charge in [0.2, 0.25) is 5.91 Å². The Bertz CT molecular complexity index is 397. The summed E-state index contributed by atoms with van der Waals surface area (Å²) < 4.78 is 22.0. The van der Waals surface area contributed by atoms with E-state index in [1.165, 1.54) is 0 Å². The fourth-order valence-electron chi connectivity index (χ4n) is 2.30. The van der Waals surface area contributed by atoms with Gasteiger partial charge in [0, 0.05) is 12.8 Å². The lowest BCUT2D eigenvalue weighted by Gasteiger charge is -2.26. The zero-order valence-electron chi connectivity index (χ0n) is 11.3. The molecule has 0 aromatic carbocycles. The molecule has 19 heavy (non-hydrogen) atoms. The van der Waals surface area contributed by atoms with Gasteiger partial charge in [-0.15, -0.1) is 0 Å². The van der Waals surface area contributed by atoms with Gasteiger partial charge in [0.15, 0.2) is 0 Å². The molecular weight excluding hydrogens is 268 g/mol. The molecule has 0 aromatic heterocycles. The molecule has 7 heteroatoms. The van der Waals surface area contributed by atoms with E-state index in [4.69, 9.17) is 5.73 Å². The summed E-state index contributed by atoms with van der Waals surface area (Å²) in [6.07, 6.45) is 4.50. The van der Waals surface area contributed by atoms with E-state index in [0.717, 1.165) is 25.5 Å². The van der Waals surface area contributed by atoms with Gasteiger partial charge in [-0.3, -0.25) is 4.79 Å². The van der Waals surface area contributed by atoms with E-state index in [1.54, 1.807) is 0 Å². The topological polar surface area (TPSA) is 109 Å². The average molecular weight is 292 g/mol. The Morgan fingerprint density at radius 2 is 2.16 bits per heavy atom. The van der Waals surface area contributed by atoms with E-state index >= 15 is 0 Å². The van der Waals surface area contributed by atoms with Crippen molar-refractivity contribution in [3.05, 3.63) is 0 Å². The number of nitrogens with two attached hydrogens (primary N) is 1. The van der Waals surface area contributed by atoms with Crippen LogP contribution in [0.4, 0.5) is 0 Å². The summed E-state index contributed by atoms with van der Waals surface area (Å²) in [6.45, 7) is 0.502. The standard InChI is InChI=1S/C12H24N2O4S/c1-19(17,18)6-5-11(13)12(16)14-8-9-3-2-4-10(15)7-9/h9-11,15H,2-8,13H2,1H3,(H,14,16). The van der Waals surface area contributed by atoms with Crippen LogP contribution in [0.25, 0.3) is 0 Å². The van der Waals surface area contributed by atoms with Crippen LogP contribution in [0.3, 0.4) is 0 Å². The van der Waals surface area contributed by atoms with Gasteiger partial charge in [-0.25, -0.2) is 8.42 Å². The van der Waals surface area contributed by atoms with Gasteiger partial charge in [0.05, 0.1) is 17.9 Å². The van der Waals surface area contributed by atoms with Gasteiger partial charge in [-0.05, 0) is 31.6 Å². The molecule has 0 saturated heterocycles. The molecule has 0 heterocycles. The third kappa shape index (κ3) is 6.89. The number of rotatable bonds is 6. The molecule has 112 valence electrons. The minimum absolute atomic E-state index is 0.0796. The van der Waals surface area contributed by atoms with Crippen LogP contribution in [0.2, 0.25) is 0 Å².